The zero-order valence-corrected chi connectivity index (χ0v) is 23.3. The lowest BCUT2D eigenvalue weighted by atomic mass is 9.58. The molecule has 0 bridgehead atoms. The average molecular weight is 554 g/mol. The fraction of sp³-hybridized carbons (Fsp3) is 0.448. The second-order valence-corrected chi connectivity index (χ2v) is 12.1. The van der Waals surface area contributed by atoms with E-state index in [1.807, 2.05) is 30.5 Å². The molecule has 3 heterocycles. The summed E-state index contributed by atoms with van der Waals surface area (Å²) in [6.45, 7) is 4.49. The molecule has 2 saturated heterocycles. The van der Waals surface area contributed by atoms with Gasteiger partial charge < -0.3 is 14.8 Å². The molecule has 200 valence electrons. The van der Waals surface area contributed by atoms with Crippen LogP contribution in [0, 0.1) is 17.8 Å². The van der Waals surface area contributed by atoms with Crippen molar-refractivity contribution in [2.75, 3.05) is 0 Å². The molecule has 0 unspecified atom stereocenters. The van der Waals surface area contributed by atoms with Crippen LogP contribution in [-0.4, -0.2) is 40.1 Å². The minimum Gasteiger partial charge on any atom is -0.508 e. The van der Waals surface area contributed by atoms with E-state index in [1.165, 1.54) is 16.5 Å². The van der Waals surface area contributed by atoms with Gasteiger partial charge in [-0.05, 0) is 85.6 Å². The number of fused-ring (bicyclic) bond motifs is 3. The summed E-state index contributed by atoms with van der Waals surface area (Å²) in [5.41, 5.74) is 4.26. The number of allylic oxidation sites excluding steroid dienone is 2. The van der Waals surface area contributed by atoms with E-state index in [0.29, 0.717) is 30.7 Å². The first-order valence-corrected chi connectivity index (χ1v) is 14.6. The molecule has 2 aliphatic heterocycles. The largest absolute Gasteiger partial charge is 0.508 e. The SMILES string of the molecule is CCC/C(=C\c1ccc(O)cc1Cl)CC[C@H]1OB(O)C[C@H]2C1=C(C)C[C@H]1C(=O)N(Cc3cccs3)C(=O)[C@H]12. The number of hydrogen-bond acceptors (Lipinski definition) is 6. The van der Waals surface area contributed by atoms with Gasteiger partial charge in [-0.25, -0.2) is 0 Å². The minimum absolute atomic E-state index is 0.0942. The van der Waals surface area contributed by atoms with Crippen molar-refractivity contribution in [3.05, 3.63) is 67.9 Å². The number of carbonyl (C=O) groups excluding carboxylic acids is 2. The summed E-state index contributed by atoms with van der Waals surface area (Å²) >= 11 is 7.90. The maximum Gasteiger partial charge on any atom is 0.455 e. The second-order valence-electron chi connectivity index (χ2n) is 10.6. The monoisotopic (exact) mass is 553 g/mol. The third kappa shape index (κ3) is 5.37. The third-order valence-electron chi connectivity index (χ3n) is 8.08. The number of nitrogens with zero attached hydrogens (tertiary/aromatic N) is 1. The van der Waals surface area contributed by atoms with Gasteiger partial charge in [-0.2, -0.15) is 0 Å². The zero-order valence-electron chi connectivity index (χ0n) is 21.7. The number of amides is 2. The van der Waals surface area contributed by atoms with Crippen molar-refractivity contribution < 1.29 is 24.4 Å². The van der Waals surface area contributed by atoms with Crippen molar-refractivity contribution in [2.24, 2.45) is 17.8 Å². The number of benzene rings is 1. The number of imide groups is 1. The molecular formula is C29H33BClNO5S. The van der Waals surface area contributed by atoms with Gasteiger partial charge in [0.05, 0.1) is 29.5 Å². The predicted octanol–water partition coefficient (Wildman–Crippen LogP) is 6.09. The van der Waals surface area contributed by atoms with E-state index in [-0.39, 0.29) is 35.5 Å². The van der Waals surface area contributed by atoms with E-state index in [0.717, 1.165) is 40.8 Å². The number of phenols is 1. The molecule has 0 radical (unpaired) electrons. The Labute approximate surface area is 233 Å². The quantitative estimate of drug-likeness (QED) is 0.235. The molecule has 2 amide bonds. The molecule has 2 fully saturated rings. The second kappa shape index (κ2) is 11.4. The highest BCUT2D eigenvalue weighted by Crippen LogP contribution is 2.50. The van der Waals surface area contributed by atoms with E-state index in [2.05, 4.69) is 13.0 Å². The zero-order chi connectivity index (χ0) is 27.0. The number of hydrogen-bond donors (Lipinski definition) is 2. The number of aromatic hydroxyl groups is 1. The lowest BCUT2D eigenvalue weighted by molar-refractivity contribution is -0.140. The van der Waals surface area contributed by atoms with Crippen LogP contribution in [0.1, 0.15) is 56.4 Å². The van der Waals surface area contributed by atoms with Gasteiger partial charge >= 0.3 is 7.12 Å². The molecule has 38 heavy (non-hydrogen) atoms. The van der Waals surface area contributed by atoms with E-state index < -0.39 is 13.0 Å². The van der Waals surface area contributed by atoms with Crippen LogP contribution in [0.4, 0.5) is 0 Å². The van der Waals surface area contributed by atoms with Crippen molar-refractivity contribution >= 4 is 47.9 Å². The maximum absolute atomic E-state index is 13.6. The van der Waals surface area contributed by atoms with Gasteiger partial charge in [0.25, 0.3) is 0 Å². The van der Waals surface area contributed by atoms with Crippen LogP contribution < -0.4 is 0 Å². The van der Waals surface area contributed by atoms with Gasteiger partial charge in [0.1, 0.15) is 5.75 Å². The Bertz CT molecular complexity index is 1280. The van der Waals surface area contributed by atoms with Crippen LogP contribution in [-0.2, 0) is 20.8 Å². The van der Waals surface area contributed by atoms with E-state index in [1.54, 1.807) is 17.4 Å². The molecule has 4 atom stereocenters. The van der Waals surface area contributed by atoms with Crippen molar-refractivity contribution in [3.8, 4) is 5.75 Å². The Balaban J connectivity index is 1.37. The Hall–Kier alpha value is -2.39. The van der Waals surface area contributed by atoms with E-state index in [9.17, 15) is 19.7 Å². The van der Waals surface area contributed by atoms with Crippen LogP contribution in [0.15, 0.2) is 52.4 Å². The van der Waals surface area contributed by atoms with Crippen LogP contribution >= 0.6 is 22.9 Å². The Morgan fingerprint density at radius 2 is 2.05 bits per heavy atom. The summed E-state index contributed by atoms with van der Waals surface area (Å²) in [4.78, 5) is 29.3. The molecule has 0 saturated carbocycles. The van der Waals surface area contributed by atoms with Gasteiger partial charge in [0.15, 0.2) is 0 Å². The number of likely N-dealkylation sites (tertiary alicyclic amines) is 1. The third-order valence-corrected chi connectivity index (χ3v) is 9.27. The van der Waals surface area contributed by atoms with Gasteiger partial charge in [0, 0.05) is 4.88 Å². The van der Waals surface area contributed by atoms with Crippen LogP contribution in [0.2, 0.25) is 11.3 Å². The molecule has 6 nitrogen and oxygen atoms in total. The van der Waals surface area contributed by atoms with Gasteiger partial charge in [-0.15, -0.1) is 11.3 Å². The highest BCUT2D eigenvalue weighted by Gasteiger charge is 2.56. The van der Waals surface area contributed by atoms with Crippen molar-refractivity contribution in [2.45, 2.75) is 64.9 Å². The lowest BCUT2D eigenvalue weighted by Crippen LogP contribution is -2.46. The van der Waals surface area contributed by atoms with Crippen molar-refractivity contribution in [1.82, 2.24) is 4.90 Å². The highest BCUT2D eigenvalue weighted by molar-refractivity contribution is 7.09. The number of rotatable bonds is 8. The summed E-state index contributed by atoms with van der Waals surface area (Å²) < 4.78 is 6.07. The number of phenolic OH excluding ortho intramolecular Hbond substituents is 1. The van der Waals surface area contributed by atoms with Gasteiger partial charge in [0.2, 0.25) is 11.8 Å². The van der Waals surface area contributed by atoms with Crippen molar-refractivity contribution in [1.29, 1.82) is 0 Å². The number of carbonyl (C=O) groups is 2. The fourth-order valence-electron chi connectivity index (χ4n) is 6.46. The van der Waals surface area contributed by atoms with Gasteiger partial charge in [-0.3, -0.25) is 14.5 Å². The minimum atomic E-state index is -0.973. The van der Waals surface area contributed by atoms with Crippen molar-refractivity contribution in [3.63, 3.8) is 0 Å². The first kappa shape index (κ1) is 27.2. The Kier molecular flexibility index (Phi) is 8.15. The normalized spacial score (nSPS) is 25.7. The predicted molar refractivity (Wildman–Crippen MR) is 151 cm³/mol. The first-order chi connectivity index (χ1) is 18.3. The fourth-order valence-corrected chi connectivity index (χ4v) is 7.38. The first-order valence-electron chi connectivity index (χ1n) is 13.4. The van der Waals surface area contributed by atoms with Crippen LogP contribution in [0.25, 0.3) is 6.08 Å². The van der Waals surface area contributed by atoms with Gasteiger partial charge in [-0.1, -0.05) is 48.2 Å². The summed E-state index contributed by atoms with van der Waals surface area (Å²) in [6, 6.07) is 8.85. The highest BCUT2D eigenvalue weighted by atomic mass is 35.5. The molecule has 0 spiro atoms. The Morgan fingerprint density at radius 1 is 1.24 bits per heavy atom. The molecule has 1 aromatic heterocycles. The number of thiophene rings is 1. The molecule has 2 N–H and O–H groups in total. The van der Waals surface area contributed by atoms with E-state index >= 15 is 0 Å². The Morgan fingerprint density at radius 3 is 2.76 bits per heavy atom. The summed E-state index contributed by atoms with van der Waals surface area (Å²) in [5, 5.41) is 22.8. The molecule has 2 aromatic rings. The average Bonchev–Trinajstić information content (AvgIpc) is 3.47. The summed E-state index contributed by atoms with van der Waals surface area (Å²) in [6.07, 6.45) is 5.92. The molecular weight excluding hydrogens is 521 g/mol. The lowest BCUT2D eigenvalue weighted by Gasteiger charge is -2.42. The summed E-state index contributed by atoms with van der Waals surface area (Å²) in [5.74, 6) is -1.09. The molecule has 9 heteroatoms. The topological polar surface area (TPSA) is 87.1 Å². The molecule has 1 aromatic carbocycles. The molecule has 3 aliphatic rings. The smallest absolute Gasteiger partial charge is 0.455 e. The number of halogens is 1. The maximum atomic E-state index is 13.6. The molecule has 1 aliphatic carbocycles. The van der Waals surface area contributed by atoms with Crippen LogP contribution in [0.3, 0.4) is 0 Å². The van der Waals surface area contributed by atoms with Crippen LogP contribution in [0.5, 0.6) is 5.75 Å². The summed E-state index contributed by atoms with van der Waals surface area (Å²) in [7, 11) is -0.973. The van der Waals surface area contributed by atoms with E-state index in [4.69, 9.17) is 16.3 Å². The standard InChI is InChI=1S/C29H33BClNO5S/c1-3-5-18(13-19-8-9-20(33)14-24(19)31)7-10-25-26-17(2)12-22-27(23(26)15-30(36)37-25)29(35)32(28(22)34)16-21-6-4-11-38-21/h4,6,8-9,11,13-14,22-23,25,27,33,36H,3,5,7,10,12,15-16H2,1-2H3/b18-13+/t22-,23+,25-,27-/m1/s1. The molecule has 5 rings (SSSR count).